The monoisotopic (exact) mass is 457 g/mol. The average Bonchev–Trinajstić information content (AvgIpc) is 3.45. The molecule has 1 fully saturated rings. The van der Waals surface area contributed by atoms with Crippen LogP contribution in [0.4, 0.5) is 5.82 Å². The lowest BCUT2D eigenvalue weighted by atomic mass is 10.2. The zero-order valence-corrected chi connectivity index (χ0v) is 18.1. The molecule has 0 saturated carbocycles. The van der Waals surface area contributed by atoms with Gasteiger partial charge in [0.1, 0.15) is 5.69 Å². The fourth-order valence-electron chi connectivity index (χ4n) is 3.33. The Balaban J connectivity index is 1.60. The summed E-state index contributed by atoms with van der Waals surface area (Å²) in [6.07, 6.45) is 1.45. The minimum atomic E-state index is -0.566. The number of carbonyl (C=O) groups is 1. The zero-order valence-electron chi connectivity index (χ0n) is 18.1. The fourth-order valence-corrected chi connectivity index (χ4v) is 3.33. The Morgan fingerprint density at radius 2 is 2.09 bits per heavy atom. The first-order chi connectivity index (χ1) is 16.1. The van der Waals surface area contributed by atoms with Gasteiger partial charge in [-0.25, -0.2) is 10.1 Å². The molecular weight excluding hydrogens is 434 g/mol. The molecule has 14 heteroatoms. The molecule has 0 spiro atoms. The molecule has 174 valence electrons. The number of amides is 1. The standard InChI is InChI=1S/C19H23N9O5/c1-30-14-5-3-4-12(16(14)31-2)10-21-23-19(29)15-13(11-27-6-8-32-9-7-27)22-26-28(15)18-17(20)24-33-25-18/h3-5,10H,6-9,11H2,1-2H3,(H2,20,24)(H,23,29)/b21-10-. The number of anilines is 1. The molecule has 14 nitrogen and oxygen atoms in total. The van der Waals surface area contributed by atoms with Gasteiger partial charge < -0.3 is 19.9 Å². The first kappa shape index (κ1) is 22.2. The number of para-hydroxylation sites is 1. The number of nitrogens with two attached hydrogens (primary N) is 1. The molecule has 1 aliphatic rings. The smallest absolute Gasteiger partial charge is 0.292 e. The number of benzene rings is 1. The molecule has 0 radical (unpaired) electrons. The number of nitrogen functional groups attached to an aromatic ring is 1. The summed E-state index contributed by atoms with van der Waals surface area (Å²) in [7, 11) is 3.06. The number of ether oxygens (including phenoxy) is 3. The van der Waals surface area contributed by atoms with E-state index in [0.29, 0.717) is 55.6 Å². The van der Waals surface area contributed by atoms with Gasteiger partial charge in [0.05, 0.1) is 33.6 Å². The minimum Gasteiger partial charge on any atom is -0.493 e. The summed E-state index contributed by atoms with van der Waals surface area (Å²) >= 11 is 0. The molecule has 1 aliphatic heterocycles. The van der Waals surface area contributed by atoms with Crippen molar-refractivity contribution in [2.45, 2.75) is 6.54 Å². The molecule has 3 heterocycles. The van der Waals surface area contributed by atoms with E-state index in [-0.39, 0.29) is 17.3 Å². The number of nitrogens with one attached hydrogen (secondary N) is 1. The predicted octanol–water partition coefficient (Wildman–Crippen LogP) is -0.154. The van der Waals surface area contributed by atoms with Gasteiger partial charge in [0.2, 0.25) is 11.6 Å². The highest BCUT2D eigenvalue weighted by molar-refractivity contribution is 5.95. The molecule has 0 aliphatic carbocycles. The van der Waals surface area contributed by atoms with Crippen LogP contribution in [0.25, 0.3) is 5.82 Å². The molecule has 4 rings (SSSR count). The van der Waals surface area contributed by atoms with E-state index in [4.69, 9.17) is 19.9 Å². The van der Waals surface area contributed by atoms with Gasteiger partial charge in [0, 0.05) is 25.2 Å². The summed E-state index contributed by atoms with van der Waals surface area (Å²) in [4.78, 5) is 15.2. The van der Waals surface area contributed by atoms with Crippen molar-refractivity contribution in [1.29, 1.82) is 0 Å². The maximum atomic E-state index is 13.1. The van der Waals surface area contributed by atoms with Crippen molar-refractivity contribution in [1.82, 2.24) is 35.6 Å². The van der Waals surface area contributed by atoms with Gasteiger partial charge in [-0.1, -0.05) is 11.3 Å². The molecule has 2 aromatic heterocycles. The van der Waals surface area contributed by atoms with Crippen LogP contribution in [0.5, 0.6) is 11.5 Å². The van der Waals surface area contributed by atoms with Crippen molar-refractivity contribution in [3.63, 3.8) is 0 Å². The number of hydrogen-bond donors (Lipinski definition) is 2. The van der Waals surface area contributed by atoms with Crippen LogP contribution >= 0.6 is 0 Å². The molecule has 3 aromatic rings. The Morgan fingerprint density at radius 3 is 2.79 bits per heavy atom. The van der Waals surface area contributed by atoms with Crippen molar-refractivity contribution in [3.8, 4) is 17.3 Å². The summed E-state index contributed by atoms with van der Waals surface area (Å²) in [6.45, 7) is 2.99. The summed E-state index contributed by atoms with van der Waals surface area (Å²) in [5.74, 6) is 0.482. The van der Waals surface area contributed by atoms with Crippen LogP contribution in [0.2, 0.25) is 0 Å². The van der Waals surface area contributed by atoms with Gasteiger partial charge in [0.15, 0.2) is 17.2 Å². The average molecular weight is 457 g/mol. The van der Waals surface area contributed by atoms with Gasteiger partial charge >= 0.3 is 0 Å². The summed E-state index contributed by atoms with van der Waals surface area (Å²) in [6, 6.07) is 5.31. The van der Waals surface area contributed by atoms with Gasteiger partial charge in [-0.15, -0.1) is 5.10 Å². The van der Waals surface area contributed by atoms with Crippen LogP contribution in [0.15, 0.2) is 27.9 Å². The normalized spacial score (nSPS) is 14.5. The third-order valence-electron chi connectivity index (χ3n) is 4.93. The van der Waals surface area contributed by atoms with Gasteiger partial charge in [-0.05, 0) is 22.4 Å². The first-order valence-electron chi connectivity index (χ1n) is 9.99. The van der Waals surface area contributed by atoms with E-state index in [1.165, 1.54) is 25.1 Å². The van der Waals surface area contributed by atoms with Gasteiger partial charge in [-0.3, -0.25) is 9.69 Å². The highest BCUT2D eigenvalue weighted by Crippen LogP contribution is 2.29. The number of hydrazone groups is 1. The second kappa shape index (κ2) is 10.1. The van der Waals surface area contributed by atoms with E-state index in [0.717, 1.165) is 0 Å². The Hall–Kier alpha value is -4.04. The molecule has 0 bridgehead atoms. The number of nitrogens with zero attached hydrogens (tertiary/aromatic N) is 7. The maximum Gasteiger partial charge on any atom is 0.292 e. The van der Waals surface area contributed by atoms with Crippen molar-refractivity contribution in [2.75, 3.05) is 46.3 Å². The predicted molar refractivity (Wildman–Crippen MR) is 114 cm³/mol. The van der Waals surface area contributed by atoms with Crippen molar-refractivity contribution in [3.05, 3.63) is 35.2 Å². The molecule has 1 aromatic carbocycles. The second-order valence-electron chi connectivity index (χ2n) is 6.94. The largest absolute Gasteiger partial charge is 0.493 e. The highest BCUT2D eigenvalue weighted by atomic mass is 16.6. The zero-order chi connectivity index (χ0) is 23.2. The molecule has 0 atom stereocenters. The van der Waals surface area contributed by atoms with Crippen molar-refractivity contribution < 1.29 is 23.6 Å². The lowest BCUT2D eigenvalue weighted by Crippen LogP contribution is -2.36. The summed E-state index contributed by atoms with van der Waals surface area (Å²) < 4.78 is 21.9. The summed E-state index contributed by atoms with van der Waals surface area (Å²) in [5.41, 5.74) is 9.44. The van der Waals surface area contributed by atoms with Crippen LogP contribution in [-0.2, 0) is 11.3 Å². The SMILES string of the molecule is COc1cccc(/C=N\NC(=O)c2c(CN3CCOCC3)nnn2-c2nonc2N)c1OC. The van der Waals surface area contributed by atoms with Crippen LogP contribution in [0.3, 0.4) is 0 Å². The number of hydrogen-bond acceptors (Lipinski definition) is 12. The van der Waals surface area contributed by atoms with E-state index in [2.05, 4.69) is 40.7 Å². The Labute approximate surface area is 188 Å². The molecular formula is C19H23N9O5. The van der Waals surface area contributed by atoms with E-state index in [1.807, 2.05) is 0 Å². The number of morpholine rings is 1. The number of rotatable bonds is 8. The highest BCUT2D eigenvalue weighted by Gasteiger charge is 2.26. The molecule has 33 heavy (non-hydrogen) atoms. The van der Waals surface area contributed by atoms with Crippen molar-refractivity contribution >= 4 is 17.9 Å². The first-order valence-corrected chi connectivity index (χ1v) is 9.99. The van der Waals surface area contributed by atoms with Crippen LogP contribution in [0, 0.1) is 0 Å². The molecule has 0 unspecified atom stereocenters. The van der Waals surface area contributed by atoms with E-state index in [1.54, 1.807) is 18.2 Å². The second-order valence-corrected chi connectivity index (χ2v) is 6.94. The van der Waals surface area contributed by atoms with Crippen molar-refractivity contribution in [2.24, 2.45) is 5.10 Å². The van der Waals surface area contributed by atoms with Crippen LogP contribution in [0.1, 0.15) is 21.7 Å². The quantitative estimate of drug-likeness (QED) is 0.341. The Kier molecular flexibility index (Phi) is 6.75. The van der Waals surface area contributed by atoms with Crippen LogP contribution in [-0.4, -0.2) is 82.9 Å². The fraction of sp³-hybridized carbons (Fsp3) is 0.368. The van der Waals surface area contributed by atoms with E-state index < -0.39 is 5.91 Å². The topological polar surface area (TPSA) is 168 Å². The van der Waals surface area contributed by atoms with Gasteiger partial charge in [-0.2, -0.15) is 9.78 Å². The lowest BCUT2D eigenvalue weighted by Gasteiger charge is -2.25. The lowest BCUT2D eigenvalue weighted by molar-refractivity contribution is 0.0335. The number of methoxy groups -OCH3 is 2. The molecule has 3 N–H and O–H groups in total. The maximum absolute atomic E-state index is 13.1. The minimum absolute atomic E-state index is 0.0310. The molecule has 1 amide bonds. The Morgan fingerprint density at radius 1 is 1.27 bits per heavy atom. The van der Waals surface area contributed by atoms with Crippen LogP contribution < -0.4 is 20.6 Å². The molecule has 1 saturated heterocycles. The van der Waals surface area contributed by atoms with Gasteiger partial charge in [0.25, 0.3) is 5.91 Å². The number of aromatic nitrogens is 5. The summed E-state index contributed by atoms with van der Waals surface area (Å²) in [5, 5.41) is 19.5. The van der Waals surface area contributed by atoms with E-state index in [9.17, 15) is 4.79 Å². The number of carbonyl (C=O) groups excluding carboxylic acids is 1. The van der Waals surface area contributed by atoms with E-state index >= 15 is 0 Å². The third-order valence-corrected chi connectivity index (χ3v) is 4.93. The third kappa shape index (κ3) is 4.75. The Bertz CT molecular complexity index is 1140.